The second-order valence-electron chi connectivity index (χ2n) is 2.33. The summed E-state index contributed by atoms with van der Waals surface area (Å²) in [5.41, 5.74) is 0.473. The first-order valence-electron chi connectivity index (χ1n) is 3.87. The average Bonchev–Trinajstić information content (AvgIpc) is 2.01. The van der Waals surface area contributed by atoms with Crippen LogP contribution in [-0.2, 0) is 14.3 Å². The van der Waals surface area contributed by atoms with E-state index in [9.17, 15) is 9.59 Å². The molecular weight excluding hydrogens is 197 g/mol. The van der Waals surface area contributed by atoms with E-state index in [1.165, 1.54) is 6.08 Å². The van der Waals surface area contributed by atoms with Crippen LogP contribution < -0.4 is 34.9 Å². The molecule has 76 valence electrons. The van der Waals surface area contributed by atoms with Gasteiger partial charge >= 0.3 is 41.5 Å². The summed E-state index contributed by atoms with van der Waals surface area (Å²) < 4.78 is 4.62. The second kappa shape index (κ2) is 9.05. The maximum absolute atomic E-state index is 10.8. The summed E-state index contributed by atoms with van der Waals surface area (Å²) in [6, 6.07) is 0. The van der Waals surface area contributed by atoms with Crippen molar-refractivity contribution in [3.63, 3.8) is 0 Å². The van der Waals surface area contributed by atoms with Gasteiger partial charge < -0.3 is 16.6 Å². The number of allylic oxidation sites excluding steroid dienone is 1. The molecule has 0 saturated heterocycles. The van der Waals surface area contributed by atoms with Crippen molar-refractivity contribution < 1.29 is 50.4 Å². The predicted octanol–water partition coefficient (Wildman–Crippen LogP) is -2.76. The van der Waals surface area contributed by atoms with Crippen LogP contribution in [0, 0.1) is 0 Å². The van der Waals surface area contributed by atoms with Crippen LogP contribution >= 0.6 is 0 Å². The minimum absolute atomic E-state index is 0. The van der Waals surface area contributed by atoms with Crippen molar-refractivity contribution in [1.29, 1.82) is 0 Å². The molecule has 0 rings (SSSR count). The van der Waals surface area contributed by atoms with Crippen LogP contribution in [0.25, 0.3) is 0 Å². The number of carbonyl (C=O) groups excluding carboxylic acids is 1. The summed E-state index contributed by atoms with van der Waals surface area (Å²) in [7, 11) is 0. The van der Waals surface area contributed by atoms with Crippen molar-refractivity contribution in [2.75, 3.05) is 13.2 Å². The van der Waals surface area contributed by atoms with Crippen LogP contribution in [0.3, 0.4) is 0 Å². The summed E-state index contributed by atoms with van der Waals surface area (Å²) in [5, 5.41) is 10.8. The number of esters is 1. The molecule has 0 aromatic rings. The van der Waals surface area contributed by atoms with Crippen molar-refractivity contribution in [3.05, 3.63) is 11.8 Å². The molecule has 14 heavy (non-hydrogen) atoms. The monoisotopic (exact) mass is 211 g/mol. The van der Waals surface area contributed by atoms with Gasteiger partial charge in [-0.05, 0) is 13.8 Å². The molecule has 0 amide bonds. The molecule has 2 N–H and O–H groups in total. The fourth-order valence-corrected chi connectivity index (χ4v) is 0.627. The van der Waals surface area contributed by atoms with E-state index >= 15 is 0 Å². The summed E-state index contributed by atoms with van der Waals surface area (Å²) in [5.74, 6) is -1.45. The standard InChI is InChI=1S/C8H13NO4.Na.H/c1-3-13-8(12)4-6(2)9-5-7(10)11;;/h4,9H,3,5H2,1-2H3,(H,10,11);;/q;+1;-1. The van der Waals surface area contributed by atoms with Gasteiger partial charge in [0.05, 0.1) is 6.61 Å². The normalized spacial score (nSPS) is 10.0. The van der Waals surface area contributed by atoms with Crippen LogP contribution in [0.4, 0.5) is 0 Å². The van der Waals surface area contributed by atoms with E-state index < -0.39 is 11.9 Å². The van der Waals surface area contributed by atoms with Gasteiger partial charge in [0.25, 0.3) is 0 Å². The summed E-state index contributed by atoms with van der Waals surface area (Å²) >= 11 is 0. The molecule has 0 aliphatic rings. The number of hydrogen-bond donors (Lipinski definition) is 2. The minimum atomic E-state index is -0.975. The Morgan fingerprint density at radius 1 is 1.57 bits per heavy atom. The Bertz CT molecular complexity index is 233. The quantitative estimate of drug-likeness (QED) is 0.293. The average molecular weight is 211 g/mol. The van der Waals surface area contributed by atoms with E-state index in [2.05, 4.69) is 10.1 Å². The van der Waals surface area contributed by atoms with Crippen molar-refractivity contribution in [2.24, 2.45) is 0 Å². The topological polar surface area (TPSA) is 75.6 Å². The van der Waals surface area contributed by atoms with Crippen LogP contribution in [0.5, 0.6) is 0 Å². The molecule has 0 heterocycles. The third-order valence-corrected chi connectivity index (χ3v) is 1.14. The van der Waals surface area contributed by atoms with Crippen LogP contribution in [0.1, 0.15) is 15.3 Å². The molecule has 0 unspecified atom stereocenters. The molecule has 0 saturated carbocycles. The van der Waals surface area contributed by atoms with Gasteiger partial charge in [-0.2, -0.15) is 0 Å². The van der Waals surface area contributed by atoms with E-state index in [1.807, 2.05) is 0 Å². The van der Waals surface area contributed by atoms with Crippen molar-refractivity contribution >= 4 is 11.9 Å². The van der Waals surface area contributed by atoms with E-state index in [0.717, 1.165) is 0 Å². The number of ether oxygens (including phenoxy) is 1. The fourth-order valence-electron chi connectivity index (χ4n) is 0.627. The van der Waals surface area contributed by atoms with Crippen LogP contribution in [0.2, 0.25) is 0 Å². The number of aliphatic carboxylic acids is 1. The molecule has 6 heteroatoms. The largest absolute Gasteiger partial charge is 1.00 e. The van der Waals surface area contributed by atoms with Gasteiger partial charge in [-0.25, -0.2) is 4.79 Å². The van der Waals surface area contributed by atoms with Gasteiger partial charge in [0, 0.05) is 11.8 Å². The molecule has 0 aliphatic carbocycles. The molecule has 0 aliphatic heterocycles. The number of rotatable bonds is 5. The molecule has 0 atom stereocenters. The van der Waals surface area contributed by atoms with Crippen molar-refractivity contribution in [3.8, 4) is 0 Å². The molecule has 0 aromatic carbocycles. The zero-order chi connectivity index (χ0) is 10.3. The van der Waals surface area contributed by atoms with Gasteiger partial charge in [-0.15, -0.1) is 0 Å². The van der Waals surface area contributed by atoms with Crippen LogP contribution in [-0.4, -0.2) is 30.2 Å². The molecule has 5 nitrogen and oxygen atoms in total. The number of carbonyl (C=O) groups is 2. The Morgan fingerprint density at radius 3 is 2.57 bits per heavy atom. The van der Waals surface area contributed by atoms with Crippen molar-refractivity contribution in [2.45, 2.75) is 13.8 Å². The molecule has 0 aromatic heterocycles. The van der Waals surface area contributed by atoms with Crippen LogP contribution in [0.15, 0.2) is 11.8 Å². The Labute approximate surface area is 106 Å². The van der Waals surface area contributed by atoms with Gasteiger partial charge in [0.1, 0.15) is 6.54 Å². The zero-order valence-corrected chi connectivity index (χ0v) is 10.7. The van der Waals surface area contributed by atoms with Gasteiger partial charge in [0.2, 0.25) is 0 Å². The van der Waals surface area contributed by atoms with E-state index in [-0.39, 0.29) is 37.5 Å². The second-order valence-corrected chi connectivity index (χ2v) is 2.33. The first-order chi connectivity index (χ1) is 6.06. The Balaban J connectivity index is -0.000000720. The number of hydrogen-bond acceptors (Lipinski definition) is 4. The van der Waals surface area contributed by atoms with Gasteiger partial charge in [-0.3, -0.25) is 4.79 Å². The summed E-state index contributed by atoms with van der Waals surface area (Å²) in [6.45, 7) is 3.40. The smallest absolute Gasteiger partial charge is 1.00 e. The van der Waals surface area contributed by atoms with E-state index in [4.69, 9.17) is 5.11 Å². The van der Waals surface area contributed by atoms with Gasteiger partial charge in [0.15, 0.2) is 0 Å². The summed E-state index contributed by atoms with van der Waals surface area (Å²) in [6.07, 6.45) is 1.21. The maximum Gasteiger partial charge on any atom is 1.00 e. The first kappa shape index (κ1) is 15.9. The van der Waals surface area contributed by atoms with E-state index in [1.54, 1.807) is 13.8 Å². The number of carboxylic acid groups (broad SMARTS) is 1. The molecule has 0 spiro atoms. The molecule has 0 bridgehead atoms. The molecule has 0 radical (unpaired) electrons. The third kappa shape index (κ3) is 9.57. The predicted molar refractivity (Wildman–Crippen MR) is 47.1 cm³/mol. The zero-order valence-electron chi connectivity index (χ0n) is 9.66. The third-order valence-electron chi connectivity index (χ3n) is 1.14. The fraction of sp³-hybridized carbons (Fsp3) is 0.500. The molecule has 0 fully saturated rings. The van der Waals surface area contributed by atoms with E-state index in [0.29, 0.717) is 12.3 Å². The number of carboxylic acids is 1. The number of nitrogens with one attached hydrogen (secondary N) is 1. The Hall–Kier alpha value is -0.520. The maximum atomic E-state index is 10.8. The minimum Gasteiger partial charge on any atom is -1.00 e. The summed E-state index contributed by atoms with van der Waals surface area (Å²) in [4.78, 5) is 20.9. The SMILES string of the molecule is CCOC(=O)C=C(C)NCC(=O)O.[H-].[Na+]. The van der Waals surface area contributed by atoms with Crippen molar-refractivity contribution in [1.82, 2.24) is 5.32 Å². The van der Waals surface area contributed by atoms with Gasteiger partial charge in [-0.1, -0.05) is 0 Å². The first-order valence-corrected chi connectivity index (χ1v) is 3.87. The Morgan fingerprint density at radius 2 is 2.14 bits per heavy atom. The Kier molecular flexibility index (Phi) is 10.3. The molecular formula is C8H14NNaO4.